The molecule has 0 bridgehead atoms. The van der Waals surface area contributed by atoms with Gasteiger partial charge < -0.3 is 5.32 Å². The number of aryl methyl sites for hydroxylation is 2. The Labute approximate surface area is 169 Å². The molecule has 0 aromatic carbocycles. The lowest BCUT2D eigenvalue weighted by atomic mass is 10.2. The Morgan fingerprint density at radius 1 is 1.22 bits per heavy atom. The zero-order chi connectivity index (χ0) is 19.2. The van der Waals surface area contributed by atoms with Crippen LogP contribution in [0.1, 0.15) is 62.8 Å². The SMILES string of the molecule is CCCCCCn1c(SCC(=O)NCCC)nc2sc3c(c2c1=O)CCC3. The summed E-state index contributed by atoms with van der Waals surface area (Å²) in [5.41, 5.74) is 1.32. The highest BCUT2D eigenvalue weighted by atomic mass is 32.2. The van der Waals surface area contributed by atoms with Crippen molar-refractivity contribution >= 4 is 39.2 Å². The highest BCUT2D eigenvalue weighted by molar-refractivity contribution is 7.99. The summed E-state index contributed by atoms with van der Waals surface area (Å²) in [4.78, 5) is 32.3. The van der Waals surface area contributed by atoms with Gasteiger partial charge >= 0.3 is 0 Å². The first-order valence-corrected chi connectivity index (χ1v) is 11.9. The van der Waals surface area contributed by atoms with Gasteiger partial charge in [0.1, 0.15) is 4.83 Å². The molecule has 0 radical (unpaired) electrons. The fourth-order valence-corrected chi connectivity index (χ4v) is 5.67. The summed E-state index contributed by atoms with van der Waals surface area (Å²) in [5, 5.41) is 4.42. The van der Waals surface area contributed by atoms with Crippen LogP contribution in [0.15, 0.2) is 9.95 Å². The van der Waals surface area contributed by atoms with Crippen LogP contribution in [-0.4, -0.2) is 27.8 Å². The van der Waals surface area contributed by atoms with Crippen LogP contribution in [0.3, 0.4) is 0 Å². The summed E-state index contributed by atoms with van der Waals surface area (Å²) in [5.74, 6) is 0.306. The van der Waals surface area contributed by atoms with Crippen LogP contribution in [0, 0.1) is 0 Å². The Hall–Kier alpha value is -1.34. The molecule has 1 aliphatic rings. The van der Waals surface area contributed by atoms with E-state index in [-0.39, 0.29) is 11.5 Å². The van der Waals surface area contributed by atoms with Crippen molar-refractivity contribution in [2.75, 3.05) is 12.3 Å². The zero-order valence-electron chi connectivity index (χ0n) is 16.3. The molecule has 148 valence electrons. The van der Waals surface area contributed by atoms with Gasteiger partial charge in [0.05, 0.1) is 11.1 Å². The van der Waals surface area contributed by atoms with Crippen molar-refractivity contribution < 1.29 is 4.79 Å². The molecular formula is C20H29N3O2S2. The summed E-state index contributed by atoms with van der Waals surface area (Å²) in [6.45, 7) is 5.59. The van der Waals surface area contributed by atoms with E-state index in [1.165, 1.54) is 35.0 Å². The van der Waals surface area contributed by atoms with Crippen molar-refractivity contribution in [3.63, 3.8) is 0 Å². The number of rotatable bonds is 10. The molecule has 2 aromatic rings. The molecule has 1 aliphatic carbocycles. The quantitative estimate of drug-likeness (QED) is 0.365. The van der Waals surface area contributed by atoms with Gasteiger partial charge in [-0.2, -0.15) is 0 Å². The van der Waals surface area contributed by atoms with Crippen LogP contribution >= 0.6 is 23.1 Å². The molecule has 0 fully saturated rings. The topological polar surface area (TPSA) is 64.0 Å². The molecule has 0 unspecified atom stereocenters. The summed E-state index contributed by atoms with van der Waals surface area (Å²) in [6.07, 6.45) is 8.56. The molecule has 0 spiro atoms. The van der Waals surface area contributed by atoms with E-state index in [2.05, 4.69) is 12.2 Å². The van der Waals surface area contributed by atoms with Gasteiger partial charge in [0.25, 0.3) is 5.56 Å². The Bertz CT molecular complexity index is 857. The number of thiophene rings is 1. The normalized spacial score (nSPS) is 13.3. The highest BCUT2D eigenvalue weighted by Gasteiger charge is 2.23. The zero-order valence-corrected chi connectivity index (χ0v) is 17.9. The monoisotopic (exact) mass is 407 g/mol. The Morgan fingerprint density at radius 2 is 2.07 bits per heavy atom. The average molecular weight is 408 g/mol. The van der Waals surface area contributed by atoms with Gasteiger partial charge in [-0.25, -0.2) is 4.98 Å². The van der Waals surface area contributed by atoms with E-state index in [1.54, 1.807) is 11.3 Å². The van der Waals surface area contributed by atoms with Crippen LogP contribution in [0.2, 0.25) is 0 Å². The Morgan fingerprint density at radius 3 is 2.85 bits per heavy atom. The molecule has 0 aliphatic heterocycles. The predicted molar refractivity (Wildman–Crippen MR) is 114 cm³/mol. The minimum atomic E-state index is 0.00222. The second kappa shape index (κ2) is 9.73. The third-order valence-electron chi connectivity index (χ3n) is 4.93. The highest BCUT2D eigenvalue weighted by Crippen LogP contribution is 2.35. The molecule has 0 saturated carbocycles. The van der Waals surface area contributed by atoms with Gasteiger partial charge in [-0.05, 0) is 37.7 Å². The summed E-state index contributed by atoms with van der Waals surface area (Å²) >= 11 is 3.05. The maximum Gasteiger partial charge on any atom is 0.263 e. The number of hydrogen-bond acceptors (Lipinski definition) is 5. The average Bonchev–Trinajstić information content (AvgIpc) is 3.24. The molecule has 2 aromatic heterocycles. The molecule has 1 N–H and O–H groups in total. The van der Waals surface area contributed by atoms with E-state index in [4.69, 9.17) is 4.98 Å². The molecular weight excluding hydrogens is 378 g/mol. The minimum Gasteiger partial charge on any atom is -0.355 e. The van der Waals surface area contributed by atoms with Gasteiger partial charge in [0, 0.05) is 18.0 Å². The molecule has 0 saturated heterocycles. The molecule has 0 atom stereocenters. The van der Waals surface area contributed by atoms with E-state index < -0.39 is 0 Å². The number of nitrogens with one attached hydrogen (secondary N) is 1. The lowest BCUT2D eigenvalue weighted by molar-refractivity contribution is -0.118. The number of carbonyl (C=O) groups is 1. The van der Waals surface area contributed by atoms with Gasteiger partial charge in [-0.1, -0.05) is 44.9 Å². The fourth-order valence-electron chi connectivity index (χ4n) is 3.51. The number of carbonyl (C=O) groups excluding carboxylic acids is 1. The first kappa shape index (κ1) is 20.4. The van der Waals surface area contributed by atoms with Crippen LogP contribution in [0.4, 0.5) is 0 Å². The third kappa shape index (κ3) is 4.74. The summed E-state index contributed by atoms with van der Waals surface area (Å²) in [6, 6.07) is 0. The predicted octanol–water partition coefficient (Wildman–Crippen LogP) is 4.15. The Kier molecular flexibility index (Phi) is 7.35. The second-order valence-electron chi connectivity index (χ2n) is 7.09. The van der Waals surface area contributed by atoms with Crippen LogP contribution in [0.25, 0.3) is 10.2 Å². The molecule has 1 amide bonds. The number of thioether (sulfide) groups is 1. The molecule has 3 rings (SSSR count). The van der Waals surface area contributed by atoms with Crippen LogP contribution < -0.4 is 10.9 Å². The molecule has 27 heavy (non-hydrogen) atoms. The van der Waals surface area contributed by atoms with Crippen molar-refractivity contribution in [2.24, 2.45) is 0 Å². The summed E-state index contributed by atoms with van der Waals surface area (Å²) in [7, 11) is 0. The van der Waals surface area contributed by atoms with E-state index >= 15 is 0 Å². The number of amides is 1. The van der Waals surface area contributed by atoms with Gasteiger partial charge in [0.15, 0.2) is 5.16 Å². The van der Waals surface area contributed by atoms with Gasteiger partial charge in [-0.15, -0.1) is 11.3 Å². The van der Waals surface area contributed by atoms with E-state index in [9.17, 15) is 9.59 Å². The number of aromatic nitrogens is 2. The van der Waals surface area contributed by atoms with Crippen LogP contribution in [0.5, 0.6) is 0 Å². The second-order valence-corrected chi connectivity index (χ2v) is 9.11. The maximum absolute atomic E-state index is 13.3. The smallest absolute Gasteiger partial charge is 0.263 e. The molecule has 2 heterocycles. The number of nitrogens with zero attached hydrogens (tertiary/aromatic N) is 2. The third-order valence-corrected chi connectivity index (χ3v) is 7.09. The first-order chi connectivity index (χ1) is 13.2. The van der Waals surface area contributed by atoms with Crippen molar-refractivity contribution in [3.8, 4) is 0 Å². The summed E-state index contributed by atoms with van der Waals surface area (Å²) < 4.78 is 1.82. The fraction of sp³-hybridized carbons (Fsp3) is 0.650. The number of fused-ring (bicyclic) bond motifs is 3. The molecule has 7 heteroatoms. The van der Waals surface area contributed by atoms with E-state index in [1.807, 2.05) is 11.5 Å². The number of unbranched alkanes of at least 4 members (excludes halogenated alkanes) is 3. The maximum atomic E-state index is 13.3. The van der Waals surface area contributed by atoms with Crippen molar-refractivity contribution in [2.45, 2.75) is 76.9 Å². The lowest BCUT2D eigenvalue weighted by Crippen LogP contribution is -2.27. The van der Waals surface area contributed by atoms with Gasteiger partial charge in [0.2, 0.25) is 5.91 Å². The van der Waals surface area contributed by atoms with E-state index in [0.717, 1.165) is 48.7 Å². The van der Waals surface area contributed by atoms with Gasteiger partial charge in [-0.3, -0.25) is 14.2 Å². The van der Waals surface area contributed by atoms with Crippen LogP contribution in [-0.2, 0) is 24.2 Å². The van der Waals surface area contributed by atoms with Crippen molar-refractivity contribution in [1.29, 1.82) is 0 Å². The minimum absolute atomic E-state index is 0.00222. The lowest BCUT2D eigenvalue weighted by Gasteiger charge is -2.12. The van der Waals surface area contributed by atoms with Crippen molar-refractivity contribution in [3.05, 3.63) is 20.8 Å². The van der Waals surface area contributed by atoms with E-state index in [0.29, 0.717) is 24.0 Å². The number of hydrogen-bond donors (Lipinski definition) is 1. The molecule has 5 nitrogen and oxygen atoms in total. The van der Waals surface area contributed by atoms with Crippen molar-refractivity contribution in [1.82, 2.24) is 14.9 Å². The Balaban J connectivity index is 1.87. The largest absolute Gasteiger partial charge is 0.355 e. The standard InChI is InChI=1S/C20H29N3O2S2/c1-3-5-6-7-12-23-19(25)17-14-9-8-10-15(14)27-18(17)22-20(23)26-13-16(24)21-11-4-2/h3-13H2,1-2H3,(H,21,24). The first-order valence-electron chi connectivity index (χ1n) is 10.1.